The van der Waals surface area contributed by atoms with Crippen LogP contribution in [0.1, 0.15) is 17.3 Å². The maximum atomic E-state index is 13.5. The average molecular weight is 314 g/mol. The molecule has 116 valence electrons. The Bertz CT molecular complexity index is 776. The zero-order valence-corrected chi connectivity index (χ0v) is 11.3. The summed E-state index contributed by atoms with van der Waals surface area (Å²) in [6.45, 7) is 2.23. The molecule has 0 radical (unpaired) electrons. The van der Waals surface area contributed by atoms with Gasteiger partial charge in [-0.15, -0.1) is 0 Å². The SMILES string of the molecule is CCn1ccc(=O)c(NC(=O)c2c(F)c(F)cc(F)c2F)c1. The predicted molar refractivity (Wildman–Crippen MR) is 70.6 cm³/mol. The fourth-order valence-corrected chi connectivity index (χ4v) is 1.77. The molecule has 0 bridgehead atoms. The Balaban J connectivity index is 2.45. The van der Waals surface area contributed by atoms with E-state index in [-0.39, 0.29) is 11.8 Å². The van der Waals surface area contributed by atoms with Crippen LogP contribution in [0.4, 0.5) is 23.2 Å². The van der Waals surface area contributed by atoms with E-state index in [1.54, 1.807) is 6.92 Å². The average Bonchev–Trinajstić information content (AvgIpc) is 2.48. The van der Waals surface area contributed by atoms with Crippen LogP contribution < -0.4 is 10.7 Å². The molecule has 0 aliphatic heterocycles. The molecular weight excluding hydrogens is 304 g/mol. The Morgan fingerprint density at radius 2 is 1.77 bits per heavy atom. The minimum Gasteiger partial charge on any atom is -0.352 e. The lowest BCUT2D eigenvalue weighted by Gasteiger charge is -2.09. The molecule has 0 fully saturated rings. The first-order valence-electron chi connectivity index (χ1n) is 6.19. The fourth-order valence-electron chi connectivity index (χ4n) is 1.77. The number of carbonyl (C=O) groups excluding carboxylic acids is 1. The smallest absolute Gasteiger partial charge is 0.262 e. The highest BCUT2D eigenvalue weighted by molar-refractivity contribution is 6.04. The molecule has 1 aromatic carbocycles. The summed E-state index contributed by atoms with van der Waals surface area (Å²) in [7, 11) is 0. The number of halogens is 4. The second-order valence-corrected chi connectivity index (χ2v) is 4.35. The molecule has 0 unspecified atom stereocenters. The van der Waals surface area contributed by atoms with Gasteiger partial charge in [0.2, 0.25) is 5.43 Å². The van der Waals surface area contributed by atoms with Crippen LogP contribution in [0.3, 0.4) is 0 Å². The van der Waals surface area contributed by atoms with E-state index >= 15 is 0 Å². The lowest BCUT2D eigenvalue weighted by atomic mass is 10.1. The number of nitrogens with one attached hydrogen (secondary N) is 1. The number of hydrogen-bond donors (Lipinski definition) is 1. The molecular formula is C14H10F4N2O2. The number of carbonyl (C=O) groups is 1. The quantitative estimate of drug-likeness (QED) is 0.699. The van der Waals surface area contributed by atoms with Crippen LogP contribution in [-0.4, -0.2) is 10.5 Å². The lowest BCUT2D eigenvalue weighted by Crippen LogP contribution is -2.22. The summed E-state index contributed by atoms with van der Waals surface area (Å²) in [5.74, 6) is -8.53. The van der Waals surface area contributed by atoms with Crippen molar-refractivity contribution in [3.8, 4) is 0 Å². The topological polar surface area (TPSA) is 51.1 Å². The molecule has 2 rings (SSSR count). The Hall–Kier alpha value is -2.64. The van der Waals surface area contributed by atoms with Crippen LogP contribution in [0.15, 0.2) is 29.3 Å². The van der Waals surface area contributed by atoms with E-state index in [0.29, 0.717) is 6.54 Å². The number of aromatic nitrogens is 1. The number of pyridine rings is 1. The number of benzene rings is 1. The van der Waals surface area contributed by atoms with E-state index in [4.69, 9.17) is 0 Å². The monoisotopic (exact) mass is 314 g/mol. The number of nitrogens with zero attached hydrogens (tertiary/aromatic N) is 1. The molecule has 22 heavy (non-hydrogen) atoms. The third kappa shape index (κ3) is 2.85. The highest BCUT2D eigenvalue weighted by Gasteiger charge is 2.25. The van der Waals surface area contributed by atoms with Crippen molar-refractivity contribution < 1.29 is 22.4 Å². The Labute approximate surface area is 122 Å². The number of hydrogen-bond acceptors (Lipinski definition) is 2. The zero-order valence-electron chi connectivity index (χ0n) is 11.3. The van der Waals surface area contributed by atoms with E-state index in [0.717, 1.165) is 6.07 Å². The summed E-state index contributed by atoms with van der Waals surface area (Å²) in [6.07, 6.45) is 2.69. The van der Waals surface area contributed by atoms with Gasteiger partial charge >= 0.3 is 0 Å². The summed E-state index contributed by atoms with van der Waals surface area (Å²) in [5, 5.41) is 1.95. The van der Waals surface area contributed by atoms with Crippen molar-refractivity contribution in [3.05, 3.63) is 63.6 Å². The van der Waals surface area contributed by atoms with Gasteiger partial charge in [0.15, 0.2) is 23.3 Å². The van der Waals surface area contributed by atoms with E-state index in [2.05, 4.69) is 0 Å². The first-order valence-corrected chi connectivity index (χ1v) is 6.19. The van der Waals surface area contributed by atoms with Crippen LogP contribution >= 0.6 is 0 Å². The summed E-state index contributed by atoms with van der Waals surface area (Å²) < 4.78 is 54.7. The standard InChI is InChI=1S/C14H10F4N2O2/c1-2-20-4-3-10(21)9(6-20)19-14(22)11-12(17)7(15)5-8(16)13(11)18/h3-6H,2H2,1H3,(H,19,22). The zero-order chi connectivity index (χ0) is 16.4. The van der Waals surface area contributed by atoms with Crippen LogP contribution in [0.5, 0.6) is 0 Å². The van der Waals surface area contributed by atoms with Crippen molar-refractivity contribution in [3.63, 3.8) is 0 Å². The first-order chi connectivity index (χ1) is 10.3. The van der Waals surface area contributed by atoms with Crippen molar-refractivity contribution in [1.82, 2.24) is 4.57 Å². The van der Waals surface area contributed by atoms with E-state index in [1.807, 2.05) is 5.32 Å². The first kappa shape index (κ1) is 15.7. The van der Waals surface area contributed by atoms with E-state index < -0.39 is 40.2 Å². The molecule has 0 atom stereocenters. The molecule has 1 aromatic heterocycles. The van der Waals surface area contributed by atoms with Gasteiger partial charge in [0.25, 0.3) is 5.91 Å². The van der Waals surface area contributed by atoms with Gasteiger partial charge in [-0.2, -0.15) is 0 Å². The Morgan fingerprint density at radius 3 is 2.32 bits per heavy atom. The van der Waals surface area contributed by atoms with Crippen molar-refractivity contribution in [2.24, 2.45) is 0 Å². The normalized spacial score (nSPS) is 10.6. The third-order valence-corrected chi connectivity index (χ3v) is 2.93. The summed E-state index contributed by atoms with van der Waals surface area (Å²) in [5.41, 5.74) is -2.31. The molecule has 0 aliphatic carbocycles. The minimum absolute atomic E-state index is 0.00592. The summed E-state index contributed by atoms with van der Waals surface area (Å²) >= 11 is 0. The van der Waals surface area contributed by atoms with Gasteiger partial charge in [-0.3, -0.25) is 9.59 Å². The molecule has 0 spiro atoms. The van der Waals surface area contributed by atoms with Crippen molar-refractivity contribution in [2.75, 3.05) is 5.32 Å². The molecule has 1 amide bonds. The maximum absolute atomic E-state index is 13.5. The molecule has 0 aliphatic rings. The molecule has 1 N–H and O–H groups in total. The third-order valence-electron chi connectivity index (χ3n) is 2.93. The van der Waals surface area contributed by atoms with E-state index in [1.165, 1.54) is 17.0 Å². The number of amides is 1. The van der Waals surface area contributed by atoms with Crippen molar-refractivity contribution in [1.29, 1.82) is 0 Å². The van der Waals surface area contributed by atoms with Gasteiger partial charge in [-0.1, -0.05) is 0 Å². The van der Waals surface area contributed by atoms with Crippen LogP contribution in [0, 0.1) is 23.3 Å². The highest BCUT2D eigenvalue weighted by Crippen LogP contribution is 2.20. The van der Waals surface area contributed by atoms with Gasteiger partial charge in [0.1, 0.15) is 11.3 Å². The van der Waals surface area contributed by atoms with Crippen LogP contribution in [-0.2, 0) is 6.54 Å². The molecule has 1 heterocycles. The minimum atomic E-state index is -1.83. The lowest BCUT2D eigenvalue weighted by molar-refractivity contribution is 0.101. The maximum Gasteiger partial charge on any atom is 0.262 e. The molecule has 4 nitrogen and oxygen atoms in total. The predicted octanol–water partition coefficient (Wildman–Crippen LogP) is 2.68. The van der Waals surface area contributed by atoms with Gasteiger partial charge in [-0.05, 0) is 6.92 Å². The van der Waals surface area contributed by atoms with E-state index in [9.17, 15) is 27.2 Å². The number of rotatable bonds is 3. The highest BCUT2D eigenvalue weighted by atomic mass is 19.2. The Kier molecular flexibility index (Phi) is 4.30. The second-order valence-electron chi connectivity index (χ2n) is 4.35. The Morgan fingerprint density at radius 1 is 1.18 bits per heavy atom. The number of aryl methyl sites for hydroxylation is 1. The second kappa shape index (κ2) is 6.00. The largest absolute Gasteiger partial charge is 0.352 e. The van der Waals surface area contributed by atoms with Crippen molar-refractivity contribution >= 4 is 11.6 Å². The van der Waals surface area contributed by atoms with Gasteiger partial charge in [0.05, 0.1) is 0 Å². The molecule has 0 saturated carbocycles. The van der Waals surface area contributed by atoms with Gasteiger partial charge in [0, 0.05) is 31.1 Å². The van der Waals surface area contributed by atoms with Gasteiger partial charge < -0.3 is 9.88 Å². The molecule has 2 aromatic rings. The van der Waals surface area contributed by atoms with Gasteiger partial charge in [-0.25, -0.2) is 17.6 Å². The van der Waals surface area contributed by atoms with Crippen LogP contribution in [0.2, 0.25) is 0 Å². The van der Waals surface area contributed by atoms with Crippen molar-refractivity contribution in [2.45, 2.75) is 13.5 Å². The molecule has 0 saturated heterocycles. The molecule has 8 heteroatoms. The fraction of sp³-hybridized carbons (Fsp3) is 0.143. The number of anilines is 1. The summed E-state index contributed by atoms with van der Waals surface area (Å²) in [6, 6.07) is 1.13. The van der Waals surface area contributed by atoms with Crippen LogP contribution in [0.25, 0.3) is 0 Å². The summed E-state index contributed by atoms with van der Waals surface area (Å²) in [4.78, 5) is 23.4.